The number of fused-ring (bicyclic) bond motifs is 1. The summed E-state index contributed by atoms with van der Waals surface area (Å²) in [5.41, 5.74) is 1.54. The van der Waals surface area contributed by atoms with E-state index in [2.05, 4.69) is 50.2 Å². The molecule has 1 heteroatoms. The van der Waals surface area contributed by atoms with Gasteiger partial charge in [-0.15, -0.1) is 40.6 Å². The molecule has 2 rings (SSSR count). The Morgan fingerprint density at radius 2 is 1.89 bits per heavy atom. The van der Waals surface area contributed by atoms with Crippen molar-refractivity contribution in [1.82, 2.24) is 0 Å². The quantitative estimate of drug-likeness (QED) is 0.531. The second kappa shape index (κ2) is 7.77. The van der Waals surface area contributed by atoms with Crippen LogP contribution in [0.4, 0.5) is 0 Å². The molecule has 18 heavy (non-hydrogen) atoms. The summed E-state index contributed by atoms with van der Waals surface area (Å²) in [5.74, 6) is 0.862. The zero-order valence-corrected chi connectivity index (χ0v) is 12.1. The van der Waals surface area contributed by atoms with Crippen molar-refractivity contribution in [3.05, 3.63) is 42.0 Å². The van der Waals surface area contributed by atoms with Gasteiger partial charge in [0.25, 0.3) is 0 Å². The normalized spacial score (nSPS) is 12.3. The Morgan fingerprint density at radius 3 is 2.61 bits per heavy atom. The maximum atomic E-state index is 2.32. The largest absolute Gasteiger partial charge is 1.00 e. The fourth-order valence-corrected chi connectivity index (χ4v) is 2.65. The summed E-state index contributed by atoms with van der Waals surface area (Å²) in [6.45, 7) is 4.61. The monoisotopic (exact) mass is 234 g/mol. The Balaban J connectivity index is 0.00000162. The van der Waals surface area contributed by atoms with Gasteiger partial charge in [0.15, 0.2) is 0 Å². The molecule has 1 atom stereocenters. The molecule has 0 saturated carbocycles. The van der Waals surface area contributed by atoms with Crippen molar-refractivity contribution in [2.24, 2.45) is 5.92 Å². The van der Waals surface area contributed by atoms with E-state index in [4.69, 9.17) is 0 Å². The van der Waals surface area contributed by atoms with Crippen LogP contribution < -0.4 is 18.9 Å². The van der Waals surface area contributed by atoms with E-state index in [0.717, 1.165) is 5.92 Å². The number of rotatable bonds is 6. The van der Waals surface area contributed by atoms with Gasteiger partial charge in [-0.05, 0) is 5.92 Å². The van der Waals surface area contributed by atoms with Gasteiger partial charge in [-0.3, -0.25) is 0 Å². The first-order valence-electron chi connectivity index (χ1n) is 6.98. The van der Waals surface area contributed by atoms with Crippen molar-refractivity contribution in [3.8, 4) is 0 Å². The summed E-state index contributed by atoms with van der Waals surface area (Å²) in [5, 5.41) is 2.86. The van der Waals surface area contributed by atoms with E-state index in [9.17, 15) is 0 Å². The maximum Gasteiger partial charge on any atom is 1.00 e. The summed E-state index contributed by atoms with van der Waals surface area (Å²) in [4.78, 5) is 0. The minimum atomic E-state index is 0. The van der Waals surface area contributed by atoms with Crippen molar-refractivity contribution in [2.75, 3.05) is 0 Å². The molecule has 2 aromatic carbocycles. The molecular formula is C17H23Li. The van der Waals surface area contributed by atoms with Gasteiger partial charge in [0, 0.05) is 0 Å². The van der Waals surface area contributed by atoms with Crippen molar-refractivity contribution in [1.29, 1.82) is 0 Å². The second-order valence-corrected chi connectivity index (χ2v) is 5.07. The number of hydrogen-bond acceptors (Lipinski definition) is 0. The van der Waals surface area contributed by atoms with Gasteiger partial charge in [-0.25, -0.2) is 0 Å². The topological polar surface area (TPSA) is 0 Å². The first-order valence-corrected chi connectivity index (χ1v) is 6.98. The molecule has 0 nitrogen and oxygen atoms in total. The van der Waals surface area contributed by atoms with Gasteiger partial charge in [0.2, 0.25) is 0 Å². The molecule has 0 aliphatic rings. The van der Waals surface area contributed by atoms with Gasteiger partial charge >= 0.3 is 18.9 Å². The fraction of sp³-hybridized carbons (Fsp3) is 0.471. The van der Waals surface area contributed by atoms with Crippen LogP contribution in [0.25, 0.3) is 10.8 Å². The molecule has 0 fully saturated rings. The Labute approximate surface area is 123 Å². The van der Waals surface area contributed by atoms with Crippen LogP contribution in [0.3, 0.4) is 0 Å². The van der Waals surface area contributed by atoms with Crippen LogP contribution in [0.1, 0.15) is 45.1 Å². The SMILES string of the molecule is CCCCC(CC)C[c-]1ccc2ccccc21.[Li+]. The number of unbranched alkanes of at least 4 members (excludes halogenated alkanes) is 1. The summed E-state index contributed by atoms with van der Waals surface area (Å²) in [7, 11) is 0. The van der Waals surface area contributed by atoms with E-state index in [1.807, 2.05) is 0 Å². The van der Waals surface area contributed by atoms with Crippen LogP contribution in [0.2, 0.25) is 0 Å². The van der Waals surface area contributed by atoms with E-state index >= 15 is 0 Å². The molecule has 0 spiro atoms. The summed E-state index contributed by atoms with van der Waals surface area (Å²) < 4.78 is 0. The van der Waals surface area contributed by atoms with Gasteiger partial charge in [0.1, 0.15) is 0 Å². The van der Waals surface area contributed by atoms with Crippen molar-refractivity contribution in [3.63, 3.8) is 0 Å². The van der Waals surface area contributed by atoms with Crippen LogP contribution in [0, 0.1) is 5.92 Å². The molecule has 92 valence electrons. The third-order valence-corrected chi connectivity index (χ3v) is 3.82. The number of hydrogen-bond donors (Lipinski definition) is 0. The van der Waals surface area contributed by atoms with E-state index in [1.165, 1.54) is 42.9 Å². The molecule has 0 amide bonds. The number of benzene rings is 1. The van der Waals surface area contributed by atoms with Gasteiger partial charge in [0.05, 0.1) is 0 Å². The molecule has 1 unspecified atom stereocenters. The predicted octanol–water partition coefficient (Wildman–Crippen LogP) is 2.32. The molecule has 0 heterocycles. The van der Waals surface area contributed by atoms with E-state index < -0.39 is 0 Å². The average molecular weight is 234 g/mol. The van der Waals surface area contributed by atoms with Crippen LogP contribution in [-0.2, 0) is 6.42 Å². The van der Waals surface area contributed by atoms with Crippen LogP contribution in [0.5, 0.6) is 0 Å². The standard InChI is InChI=1S/C17H23.Li/c1-3-5-8-14(4-2)13-16-12-11-15-9-6-7-10-17(15)16;/h6-7,9-12,14H,3-5,8,13H2,1-2H3;/q-1;+1. The van der Waals surface area contributed by atoms with Crippen molar-refractivity contribution < 1.29 is 18.9 Å². The third-order valence-electron chi connectivity index (χ3n) is 3.82. The summed E-state index contributed by atoms with van der Waals surface area (Å²) in [6, 6.07) is 13.3. The maximum absolute atomic E-state index is 2.32. The van der Waals surface area contributed by atoms with Crippen LogP contribution in [-0.4, -0.2) is 0 Å². The van der Waals surface area contributed by atoms with Gasteiger partial charge in [-0.1, -0.05) is 52.0 Å². The van der Waals surface area contributed by atoms with Crippen molar-refractivity contribution >= 4 is 10.8 Å². The van der Waals surface area contributed by atoms with Crippen LogP contribution >= 0.6 is 0 Å². The minimum Gasteiger partial charge on any atom is -0.168 e. The zero-order chi connectivity index (χ0) is 12.1. The molecule has 0 bridgehead atoms. The first kappa shape index (κ1) is 15.5. The summed E-state index contributed by atoms with van der Waals surface area (Å²) in [6.07, 6.45) is 6.63. The fourth-order valence-electron chi connectivity index (χ4n) is 2.65. The molecule has 0 radical (unpaired) electrons. The van der Waals surface area contributed by atoms with Gasteiger partial charge < -0.3 is 0 Å². The van der Waals surface area contributed by atoms with Crippen LogP contribution in [0.15, 0.2) is 36.4 Å². The molecule has 0 saturated heterocycles. The molecule has 0 aliphatic carbocycles. The third kappa shape index (κ3) is 3.71. The molecular weight excluding hydrogens is 211 g/mol. The van der Waals surface area contributed by atoms with E-state index in [-0.39, 0.29) is 18.9 Å². The Morgan fingerprint density at radius 1 is 1.11 bits per heavy atom. The molecule has 2 aromatic rings. The van der Waals surface area contributed by atoms with Gasteiger partial charge in [-0.2, -0.15) is 6.07 Å². The van der Waals surface area contributed by atoms with E-state index in [1.54, 1.807) is 5.56 Å². The molecule has 0 aromatic heterocycles. The average Bonchev–Trinajstić information content (AvgIpc) is 2.78. The Kier molecular flexibility index (Phi) is 6.69. The summed E-state index contributed by atoms with van der Waals surface area (Å²) >= 11 is 0. The van der Waals surface area contributed by atoms with E-state index in [0.29, 0.717) is 0 Å². The predicted molar refractivity (Wildman–Crippen MR) is 76.6 cm³/mol. The molecule has 0 N–H and O–H groups in total. The molecule has 0 aliphatic heterocycles. The minimum absolute atomic E-state index is 0. The Hall–Kier alpha value is -0.573. The second-order valence-electron chi connectivity index (χ2n) is 5.07. The smallest absolute Gasteiger partial charge is 0.168 e. The van der Waals surface area contributed by atoms with Crippen molar-refractivity contribution in [2.45, 2.75) is 46.0 Å². The Bertz CT molecular complexity index is 455. The first-order chi connectivity index (χ1) is 8.35. The zero-order valence-electron chi connectivity index (χ0n) is 12.1.